The van der Waals surface area contributed by atoms with E-state index in [2.05, 4.69) is 4.98 Å². The summed E-state index contributed by atoms with van der Waals surface area (Å²) < 4.78 is 70.1. The van der Waals surface area contributed by atoms with Crippen molar-refractivity contribution in [3.63, 3.8) is 0 Å². The molecule has 0 unspecified atom stereocenters. The van der Waals surface area contributed by atoms with Gasteiger partial charge in [0.15, 0.2) is 5.17 Å². The average Bonchev–Trinajstić information content (AvgIpc) is 3.41. The van der Waals surface area contributed by atoms with Crippen LogP contribution in [0, 0.1) is 11.7 Å². The fraction of sp³-hybridized carbons (Fsp3) is 0.500. The number of thioether (sulfide) groups is 1. The van der Waals surface area contributed by atoms with Crippen molar-refractivity contribution >= 4 is 57.9 Å². The summed E-state index contributed by atoms with van der Waals surface area (Å²) in [5.74, 6) is -4.02. The van der Waals surface area contributed by atoms with Gasteiger partial charge in [0.25, 0.3) is 5.91 Å². The van der Waals surface area contributed by atoms with Crippen LogP contribution in [0.25, 0.3) is 0 Å². The smallest absolute Gasteiger partial charge is 0.337 e. The number of amides is 3. The molecule has 4 atom stereocenters. The van der Waals surface area contributed by atoms with Crippen LogP contribution in [0.15, 0.2) is 52.1 Å². The van der Waals surface area contributed by atoms with Crippen molar-refractivity contribution in [3.8, 4) is 0 Å². The summed E-state index contributed by atoms with van der Waals surface area (Å²) >= 11 is 13.2. The van der Waals surface area contributed by atoms with Gasteiger partial charge in [-0.25, -0.2) is 18.8 Å². The number of pyridine rings is 1. The van der Waals surface area contributed by atoms with Crippen LogP contribution >= 0.6 is 35.0 Å². The third-order valence-corrected chi connectivity index (χ3v) is 12.0. The second kappa shape index (κ2) is 12.6. The molecule has 5 aliphatic rings. The van der Waals surface area contributed by atoms with Crippen LogP contribution in [0.3, 0.4) is 0 Å². The minimum absolute atomic E-state index is 0.0643. The molecular weight excluding hydrogens is 738 g/mol. The molecule has 7 rings (SSSR count). The van der Waals surface area contributed by atoms with Crippen LogP contribution in [-0.2, 0) is 19.9 Å². The summed E-state index contributed by atoms with van der Waals surface area (Å²) in [6.07, 6.45) is -4.62. The van der Waals surface area contributed by atoms with Crippen LogP contribution in [0.5, 0.6) is 0 Å². The van der Waals surface area contributed by atoms with Crippen LogP contribution in [0.4, 0.5) is 22.0 Å². The van der Waals surface area contributed by atoms with Crippen LogP contribution in [0.1, 0.15) is 57.2 Å². The van der Waals surface area contributed by atoms with E-state index >= 15 is 4.39 Å². The van der Waals surface area contributed by atoms with Gasteiger partial charge in [0.05, 0.1) is 23.1 Å². The van der Waals surface area contributed by atoms with Gasteiger partial charge < -0.3 is 19.6 Å². The molecule has 5 heterocycles. The number of likely N-dealkylation sites (tertiary alicyclic amines) is 1. The summed E-state index contributed by atoms with van der Waals surface area (Å²) in [6, 6.07) is 6.01. The van der Waals surface area contributed by atoms with Gasteiger partial charge in [-0.3, -0.25) is 14.4 Å². The maximum atomic E-state index is 15.2. The topological polar surface area (TPSA) is 89.4 Å². The zero-order valence-corrected chi connectivity index (χ0v) is 30.0. The minimum atomic E-state index is -5.04. The maximum Gasteiger partial charge on any atom is 0.471 e. The fourth-order valence-electron chi connectivity index (χ4n) is 7.78. The lowest BCUT2D eigenvalue weighted by molar-refractivity contribution is -0.191. The molecule has 9 nitrogen and oxygen atoms in total. The zero-order chi connectivity index (χ0) is 36.8. The molecule has 0 radical (unpaired) electrons. The van der Waals surface area contributed by atoms with E-state index in [4.69, 9.17) is 28.2 Å². The number of carbonyl (C=O) groups is 3. The molecule has 3 fully saturated rings. The molecule has 51 heavy (non-hydrogen) atoms. The molecule has 1 aliphatic carbocycles. The molecule has 1 spiro atoms. The summed E-state index contributed by atoms with van der Waals surface area (Å²) in [7, 11) is 0. The zero-order valence-electron chi connectivity index (χ0n) is 27.7. The van der Waals surface area contributed by atoms with Gasteiger partial charge in [0, 0.05) is 43.5 Å². The third-order valence-electron chi connectivity index (χ3n) is 10.4. The van der Waals surface area contributed by atoms with Crippen molar-refractivity contribution < 1.29 is 36.3 Å². The first-order valence-electron chi connectivity index (χ1n) is 16.5. The van der Waals surface area contributed by atoms with Crippen molar-refractivity contribution in [1.29, 1.82) is 0 Å². The van der Waals surface area contributed by atoms with Gasteiger partial charge in [-0.15, -0.1) is 0 Å². The molecule has 17 heteroatoms. The number of aliphatic imine (C=N–C) groups is 1. The minimum Gasteiger partial charge on any atom is -0.337 e. The van der Waals surface area contributed by atoms with E-state index in [0.29, 0.717) is 34.8 Å². The fourth-order valence-corrected chi connectivity index (χ4v) is 9.37. The van der Waals surface area contributed by atoms with Gasteiger partial charge in [-0.05, 0) is 61.2 Å². The molecule has 272 valence electrons. The van der Waals surface area contributed by atoms with Gasteiger partial charge in [-0.2, -0.15) is 13.2 Å². The lowest BCUT2D eigenvalue weighted by atomic mass is 9.81. The Labute approximate surface area is 304 Å². The second-order valence-electron chi connectivity index (χ2n) is 14.1. The maximum absolute atomic E-state index is 15.2. The number of carbonyl (C=O) groups excluding carboxylic acids is 3. The molecule has 0 bridgehead atoms. The number of nitrogens with zero attached hydrogens (tertiary/aromatic N) is 6. The van der Waals surface area contributed by atoms with Gasteiger partial charge >= 0.3 is 12.1 Å². The van der Waals surface area contributed by atoms with E-state index in [1.54, 1.807) is 24.4 Å². The molecule has 2 aromatic rings. The molecule has 2 saturated heterocycles. The second-order valence-corrected chi connectivity index (χ2v) is 15.8. The number of alkyl halides is 4. The lowest BCUT2D eigenvalue weighted by Gasteiger charge is -2.43. The Balaban J connectivity index is 1.21. The molecule has 1 aromatic carbocycles. The normalized spacial score (nSPS) is 27.1. The van der Waals surface area contributed by atoms with Gasteiger partial charge in [0.1, 0.15) is 33.6 Å². The van der Waals surface area contributed by atoms with E-state index < -0.39 is 59.0 Å². The SMILES string of the molecule is CC(C)C1=C(C(=O)N2C[C@H](F)C[C@@H]2C(=O)N2CCN(C(=O)C(F)(F)F)C3(CC3)C2)SC2=N[C@@](C)(c3ccc(Cl)nc3)[C@@H](c3ccc(Cl)c(F)c3)N21. The third kappa shape index (κ3) is 6.06. The number of allylic oxidation sites excluding steroid dienone is 1. The highest BCUT2D eigenvalue weighted by molar-refractivity contribution is 8.18. The molecule has 3 amide bonds. The number of rotatable bonds is 5. The largest absolute Gasteiger partial charge is 0.471 e. The standard InChI is InChI=1S/C34H33Cl2F5N6O3S/c1-17(2)25-26(51-31-43-32(3,19-5-7-24(36)42-14-19)27(47(25)31)18-4-6-21(35)22(38)12-18)29(49)45-15-20(37)13-23(45)28(48)44-10-11-46(30(50)34(39,40)41)33(16-44)8-9-33/h4-7,12,14,17,20,23,27H,8-11,13,15-16H2,1-3H3/t20-,23-,27-,32+/m1/s1. The van der Waals surface area contributed by atoms with E-state index in [0.717, 1.165) is 16.7 Å². The number of halogens is 7. The van der Waals surface area contributed by atoms with E-state index in [9.17, 15) is 31.9 Å². The van der Waals surface area contributed by atoms with Gasteiger partial charge in [0.2, 0.25) is 5.91 Å². The number of amidine groups is 1. The van der Waals surface area contributed by atoms with Crippen LogP contribution < -0.4 is 0 Å². The summed E-state index contributed by atoms with van der Waals surface area (Å²) in [6.45, 7) is 4.67. The first-order chi connectivity index (χ1) is 23.9. The van der Waals surface area contributed by atoms with Crippen molar-refractivity contribution in [1.82, 2.24) is 24.6 Å². The number of aromatic nitrogens is 1. The van der Waals surface area contributed by atoms with E-state index in [1.165, 1.54) is 21.9 Å². The number of fused-ring (bicyclic) bond motifs is 1. The Morgan fingerprint density at radius 1 is 1.08 bits per heavy atom. The van der Waals surface area contributed by atoms with E-state index in [-0.39, 0.29) is 53.6 Å². The highest BCUT2D eigenvalue weighted by Gasteiger charge is 2.60. The monoisotopic (exact) mass is 770 g/mol. The van der Waals surface area contributed by atoms with E-state index in [1.807, 2.05) is 25.7 Å². The number of piperazine rings is 1. The highest BCUT2D eigenvalue weighted by atomic mass is 35.5. The summed E-state index contributed by atoms with van der Waals surface area (Å²) in [5.41, 5.74) is -0.389. The predicted molar refractivity (Wildman–Crippen MR) is 181 cm³/mol. The van der Waals surface area contributed by atoms with Crippen molar-refractivity contribution in [2.75, 3.05) is 26.2 Å². The molecule has 1 saturated carbocycles. The first kappa shape index (κ1) is 36.0. The van der Waals surface area contributed by atoms with Crippen molar-refractivity contribution in [2.24, 2.45) is 10.9 Å². The molecule has 4 aliphatic heterocycles. The summed E-state index contributed by atoms with van der Waals surface area (Å²) in [5, 5.41) is 0.655. The Hall–Kier alpha value is -3.43. The lowest BCUT2D eigenvalue weighted by Crippen LogP contribution is -2.62. The quantitative estimate of drug-likeness (QED) is 0.256. The Morgan fingerprint density at radius 3 is 2.41 bits per heavy atom. The van der Waals surface area contributed by atoms with Crippen molar-refractivity contribution in [3.05, 3.63) is 74.3 Å². The first-order valence-corrected chi connectivity index (χ1v) is 18.0. The molecule has 1 aromatic heterocycles. The average molecular weight is 772 g/mol. The van der Waals surface area contributed by atoms with Gasteiger partial charge in [-0.1, -0.05) is 49.2 Å². The molecular formula is C34H33Cl2F5N6O3S. The molecule has 0 N–H and O–H groups in total. The Kier molecular flexibility index (Phi) is 8.89. The number of benzene rings is 1. The number of hydrogen-bond acceptors (Lipinski definition) is 7. The Bertz CT molecular complexity index is 1870. The van der Waals surface area contributed by atoms with Crippen LogP contribution in [-0.4, -0.2) is 97.6 Å². The van der Waals surface area contributed by atoms with Crippen molar-refractivity contribution in [2.45, 2.75) is 75.5 Å². The Morgan fingerprint density at radius 2 is 1.80 bits per heavy atom. The summed E-state index contributed by atoms with van der Waals surface area (Å²) in [4.78, 5) is 55.4. The number of hydrogen-bond donors (Lipinski definition) is 0. The highest BCUT2D eigenvalue weighted by Crippen LogP contribution is 2.56. The predicted octanol–water partition coefficient (Wildman–Crippen LogP) is 6.47. The van der Waals surface area contributed by atoms with Crippen LogP contribution in [0.2, 0.25) is 10.2 Å².